The van der Waals surface area contributed by atoms with E-state index < -0.39 is 0 Å². The number of nitrogens with one attached hydrogen (secondary N) is 2. The van der Waals surface area contributed by atoms with Crippen molar-refractivity contribution in [2.24, 2.45) is 5.92 Å². The fraction of sp³-hybridized carbons (Fsp3) is 0.625. The van der Waals surface area contributed by atoms with Gasteiger partial charge < -0.3 is 15.5 Å². The number of piperazine rings is 1. The number of aryl methyl sites for hydroxylation is 1. The molecule has 0 spiro atoms. The molecule has 1 atom stereocenters. The molecule has 1 aliphatic heterocycles. The van der Waals surface area contributed by atoms with Gasteiger partial charge in [-0.3, -0.25) is 0 Å². The van der Waals surface area contributed by atoms with Crippen LogP contribution in [-0.4, -0.2) is 44.2 Å². The van der Waals surface area contributed by atoms with Gasteiger partial charge in [0.25, 0.3) is 0 Å². The van der Waals surface area contributed by atoms with Crippen LogP contribution < -0.4 is 10.6 Å². The monoisotopic (exact) mass is 261 g/mol. The van der Waals surface area contributed by atoms with E-state index in [-0.39, 0.29) is 0 Å². The second-order valence-corrected chi connectivity index (χ2v) is 5.77. The van der Waals surface area contributed by atoms with E-state index in [0.29, 0.717) is 5.92 Å². The van der Waals surface area contributed by atoms with Gasteiger partial charge in [-0.1, -0.05) is 36.8 Å². The standard InChI is InChI=1S/C16H27N3/c1-14-3-5-16(6-4-14)12-18-11-15(2)13-19-9-7-17-8-10-19/h3-6,15,17-18H,7-13H2,1-2H3. The Morgan fingerprint density at radius 1 is 1.21 bits per heavy atom. The van der Waals surface area contributed by atoms with Crippen molar-refractivity contribution in [1.29, 1.82) is 0 Å². The molecule has 1 aromatic rings. The molecule has 3 heteroatoms. The molecule has 0 amide bonds. The Balaban J connectivity index is 1.63. The van der Waals surface area contributed by atoms with Crippen LogP contribution in [0.4, 0.5) is 0 Å². The van der Waals surface area contributed by atoms with Gasteiger partial charge in [0.2, 0.25) is 0 Å². The number of benzene rings is 1. The molecule has 1 saturated heterocycles. The van der Waals surface area contributed by atoms with Gasteiger partial charge in [-0.05, 0) is 24.9 Å². The lowest BCUT2D eigenvalue weighted by Gasteiger charge is -2.29. The first kappa shape index (κ1) is 14.5. The number of hydrogen-bond donors (Lipinski definition) is 2. The van der Waals surface area contributed by atoms with Gasteiger partial charge in [0.15, 0.2) is 0 Å². The van der Waals surface area contributed by atoms with E-state index in [2.05, 4.69) is 53.6 Å². The average molecular weight is 261 g/mol. The summed E-state index contributed by atoms with van der Waals surface area (Å²) in [5.74, 6) is 0.712. The van der Waals surface area contributed by atoms with E-state index in [0.717, 1.165) is 26.2 Å². The second kappa shape index (κ2) is 7.63. The van der Waals surface area contributed by atoms with E-state index in [4.69, 9.17) is 0 Å². The van der Waals surface area contributed by atoms with Crippen LogP contribution in [0.15, 0.2) is 24.3 Å². The van der Waals surface area contributed by atoms with Gasteiger partial charge in [0.1, 0.15) is 0 Å². The van der Waals surface area contributed by atoms with Crippen molar-refractivity contribution >= 4 is 0 Å². The van der Waals surface area contributed by atoms with Gasteiger partial charge >= 0.3 is 0 Å². The summed E-state index contributed by atoms with van der Waals surface area (Å²) >= 11 is 0. The van der Waals surface area contributed by atoms with Crippen LogP contribution in [0.5, 0.6) is 0 Å². The number of hydrogen-bond acceptors (Lipinski definition) is 3. The van der Waals surface area contributed by atoms with Crippen LogP contribution in [0.25, 0.3) is 0 Å². The van der Waals surface area contributed by atoms with E-state index >= 15 is 0 Å². The van der Waals surface area contributed by atoms with Crippen molar-refractivity contribution in [1.82, 2.24) is 15.5 Å². The highest BCUT2D eigenvalue weighted by molar-refractivity contribution is 5.21. The smallest absolute Gasteiger partial charge is 0.0205 e. The fourth-order valence-electron chi connectivity index (χ4n) is 2.57. The summed E-state index contributed by atoms with van der Waals surface area (Å²) in [7, 11) is 0. The van der Waals surface area contributed by atoms with Crippen molar-refractivity contribution in [2.45, 2.75) is 20.4 Å². The molecule has 19 heavy (non-hydrogen) atoms. The minimum Gasteiger partial charge on any atom is -0.314 e. The van der Waals surface area contributed by atoms with E-state index in [9.17, 15) is 0 Å². The zero-order valence-electron chi connectivity index (χ0n) is 12.3. The number of nitrogens with zero attached hydrogens (tertiary/aromatic N) is 1. The maximum Gasteiger partial charge on any atom is 0.0205 e. The van der Waals surface area contributed by atoms with Crippen molar-refractivity contribution in [2.75, 3.05) is 39.3 Å². The maximum atomic E-state index is 3.57. The quantitative estimate of drug-likeness (QED) is 0.815. The van der Waals surface area contributed by atoms with Crippen molar-refractivity contribution in [3.63, 3.8) is 0 Å². The zero-order valence-corrected chi connectivity index (χ0v) is 12.3. The van der Waals surface area contributed by atoms with Gasteiger partial charge in [-0.15, -0.1) is 0 Å². The van der Waals surface area contributed by atoms with Crippen molar-refractivity contribution in [3.05, 3.63) is 35.4 Å². The summed E-state index contributed by atoms with van der Waals surface area (Å²) in [6, 6.07) is 8.79. The predicted octanol–water partition coefficient (Wildman–Crippen LogP) is 1.63. The van der Waals surface area contributed by atoms with Crippen LogP contribution in [0.2, 0.25) is 0 Å². The lowest BCUT2D eigenvalue weighted by atomic mass is 10.1. The van der Waals surface area contributed by atoms with Gasteiger partial charge in [0.05, 0.1) is 0 Å². The zero-order chi connectivity index (χ0) is 13.5. The first-order valence-electron chi connectivity index (χ1n) is 7.43. The van der Waals surface area contributed by atoms with Crippen LogP contribution in [-0.2, 0) is 6.54 Å². The summed E-state index contributed by atoms with van der Waals surface area (Å²) in [6.07, 6.45) is 0. The first-order chi connectivity index (χ1) is 9.24. The largest absolute Gasteiger partial charge is 0.314 e. The highest BCUT2D eigenvalue weighted by Gasteiger charge is 2.12. The summed E-state index contributed by atoms with van der Waals surface area (Å²) in [6.45, 7) is 12.4. The summed E-state index contributed by atoms with van der Waals surface area (Å²) in [4.78, 5) is 2.56. The highest BCUT2D eigenvalue weighted by Crippen LogP contribution is 2.04. The van der Waals surface area contributed by atoms with E-state index in [1.807, 2.05) is 0 Å². The first-order valence-corrected chi connectivity index (χ1v) is 7.43. The molecule has 2 rings (SSSR count). The Kier molecular flexibility index (Phi) is 5.83. The van der Waals surface area contributed by atoms with Gasteiger partial charge in [0, 0.05) is 39.3 Å². The molecular weight excluding hydrogens is 234 g/mol. The Bertz CT molecular complexity index is 355. The molecule has 0 aliphatic carbocycles. The summed E-state index contributed by atoms with van der Waals surface area (Å²) in [5, 5.41) is 6.97. The SMILES string of the molecule is Cc1ccc(CNCC(C)CN2CCNCC2)cc1. The third kappa shape index (κ3) is 5.31. The highest BCUT2D eigenvalue weighted by atomic mass is 15.2. The third-order valence-corrected chi connectivity index (χ3v) is 3.72. The topological polar surface area (TPSA) is 27.3 Å². The normalized spacial score (nSPS) is 18.4. The summed E-state index contributed by atoms with van der Waals surface area (Å²) in [5.41, 5.74) is 2.70. The third-order valence-electron chi connectivity index (χ3n) is 3.72. The molecule has 0 bridgehead atoms. The van der Waals surface area contributed by atoms with Crippen LogP contribution in [0.1, 0.15) is 18.1 Å². The molecule has 1 unspecified atom stereocenters. The molecule has 0 aromatic heterocycles. The fourth-order valence-corrected chi connectivity index (χ4v) is 2.57. The van der Waals surface area contributed by atoms with Crippen LogP contribution >= 0.6 is 0 Å². The van der Waals surface area contributed by atoms with E-state index in [1.54, 1.807) is 0 Å². The molecule has 1 heterocycles. The molecule has 0 radical (unpaired) electrons. The molecule has 1 aromatic carbocycles. The molecule has 106 valence electrons. The number of rotatable bonds is 6. The molecule has 1 aliphatic rings. The van der Waals surface area contributed by atoms with Crippen molar-refractivity contribution < 1.29 is 0 Å². The average Bonchev–Trinajstić information content (AvgIpc) is 2.42. The predicted molar refractivity (Wildman–Crippen MR) is 81.4 cm³/mol. The van der Waals surface area contributed by atoms with Crippen molar-refractivity contribution in [3.8, 4) is 0 Å². The Morgan fingerprint density at radius 3 is 2.58 bits per heavy atom. The van der Waals surface area contributed by atoms with E-state index in [1.165, 1.54) is 30.8 Å². The summed E-state index contributed by atoms with van der Waals surface area (Å²) < 4.78 is 0. The molecule has 0 saturated carbocycles. The van der Waals surface area contributed by atoms with Gasteiger partial charge in [-0.2, -0.15) is 0 Å². The Labute approximate surface area is 117 Å². The minimum atomic E-state index is 0.712. The van der Waals surface area contributed by atoms with Crippen LogP contribution in [0, 0.1) is 12.8 Å². The minimum absolute atomic E-state index is 0.712. The Morgan fingerprint density at radius 2 is 1.89 bits per heavy atom. The molecule has 2 N–H and O–H groups in total. The molecular formula is C16H27N3. The molecule has 3 nitrogen and oxygen atoms in total. The Hall–Kier alpha value is -0.900. The lowest BCUT2D eigenvalue weighted by Crippen LogP contribution is -2.45. The molecule has 1 fully saturated rings. The second-order valence-electron chi connectivity index (χ2n) is 5.77. The lowest BCUT2D eigenvalue weighted by molar-refractivity contribution is 0.209. The van der Waals surface area contributed by atoms with Gasteiger partial charge in [-0.25, -0.2) is 0 Å². The van der Waals surface area contributed by atoms with Crippen LogP contribution in [0.3, 0.4) is 0 Å². The maximum absolute atomic E-state index is 3.57.